The van der Waals surface area contributed by atoms with Crippen LogP contribution >= 0.6 is 0 Å². The Balaban J connectivity index is 1.72. The molecule has 3 N–H and O–H groups in total. The molecular formula is C25H27N5O. The number of amides is 1. The number of carbonyl (C=O) groups excluding carboxylic acids is 1. The first kappa shape index (κ1) is 19.5. The smallest absolute Gasteiger partial charge is 0.257 e. The van der Waals surface area contributed by atoms with Gasteiger partial charge in [0.05, 0.1) is 11.0 Å². The third kappa shape index (κ3) is 3.42. The Labute approximate surface area is 181 Å². The summed E-state index contributed by atoms with van der Waals surface area (Å²) in [4.78, 5) is 23.0. The van der Waals surface area contributed by atoms with Crippen LogP contribution in [0.15, 0.2) is 42.5 Å². The Morgan fingerprint density at radius 2 is 1.71 bits per heavy atom. The Hall–Kier alpha value is -3.41. The molecule has 4 aromatic rings. The van der Waals surface area contributed by atoms with Gasteiger partial charge in [0, 0.05) is 11.7 Å². The lowest BCUT2D eigenvalue weighted by Crippen LogP contribution is -2.36. The molecular weight excluding hydrogens is 386 g/mol. The lowest BCUT2D eigenvalue weighted by molar-refractivity contribution is 0.0930. The van der Waals surface area contributed by atoms with Crippen molar-refractivity contribution >= 4 is 33.9 Å². The van der Waals surface area contributed by atoms with Gasteiger partial charge in [0.2, 0.25) is 0 Å². The summed E-state index contributed by atoms with van der Waals surface area (Å²) in [6.07, 6.45) is 5.55. The molecule has 5 rings (SSSR count). The number of nitrogens with one attached hydrogen (secondary N) is 1. The Bertz CT molecular complexity index is 1300. The van der Waals surface area contributed by atoms with Crippen LogP contribution in [0.1, 0.15) is 53.6 Å². The van der Waals surface area contributed by atoms with Crippen molar-refractivity contribution in [3.05, 3.63) is 59.2 Å². The van der Waals surface area contributed by atoms with E-state index in [4.69, 9.17) is 15.7 Å². The minimum atomic E-state index is -0.165. The third-order valence-electron chi connectivity index (χ3n) is 6.41. The molecule has 1 fully saturated rings. The number of fused-ring (bicyclic) bond motifs is 2. The second-order valence-corrected chi connectivity index (χ2v) is 8.56. The van der Waals surface area contributed by atoms with Crippen molar-refractivity contribution in [3.63, 3.8) is 0 Å². The summed E-state index contributed by atoms with van der Waals surface area (Å²) in [5, 5.41) is 3.20. The van der Waals surface area contributed by atoms with Crippen LogP contribution in [0.3, 0.4) is 0 Å². The molecule has 6 heteroatoms. The Morgan fingerprint density at radius 1 is 1.00 bits per heavy atom. The number of anilines is 1. The maximum Gasteiger partial charge on any atom is 0.257 e. The fourth-order valence-corrected chi connectivity index (χ4v) is 4.52. The summed E-state index contributed by atoms with van der Waals surface area (Å²) in [6, 6.07) is 14.0. The monoisotopic (exact) mass is 413 g/mol. The minimum Gasteiger partial charge on any atom is -0.384 e. The van der Waals surface area contributed by atoms with Crippen LogP contribution < -0.4 is 11.1 Å². The van der Waals surface area contributed by atoms with E-state index in [0.29, 0.717) is 22.5 Å². The number of hydrogen-bond acceptors (Lipinski definition) is 4. The van der Waals surface area contributed by atoms with E-state index in [2.05, 4.69) is 31.3 Å². The van der Waals surface area contributed by atoms with Gasteiger partial charge < -0.3 is 11.1 Å². The van der Waals surface area contributed by atoms with E-state index in [9.17, 15) is 4.79 Å². The highest BCUT2D eigenvalue weighted by Gasteiger charge is 2.27. The number of nitrogens with zero attached hydrogens (tertiary/aromatic N) is 3. The van der Waals surface area contributed by atoms with E-state index < -0.39 is 0 Å². The van der Waals surface area contributed by atoms with E-state index in [-0.39, 0.29) is 11.9 Å². The number of benzene rings is 2. The number of nitrogens with two attached hydrogens (primary N) is 1. The molecule has 0 unspecified atom stereocenters. The molecule has 6 nitrogen and oxygen atoms in total. The van der Waals surface area contributed by atoms with Gasteiger partial charge in [-0.1, -0.05) is 37.5 Å². The zero-order valence-corrected chi connectivity index (χ0v) is 18.0. The van der Waals surface area contributed by atoms with Crippen molar-refractivity contribution in [3.8, 4) is 5.69 Å². The van der Waals surface area contributed by atoms with Crippen LogP contribution in [0.2, 0.25) is 0 Å². The largest absolute Gasteiger partial charge is 0.384 e. The van der Waals surface area contributed by atoms with Gasteiger partial charge in [0.15, 0.2) is 5.65 Å². The van der Waals surface area contributed by atoms with Gasteiger partial charge in [-0.3, -0.25) is 9.36 Å². The zero-order valence-electron chi connectivity index (χ0n) is 18.0. The number of rotatable bonds is 3. The summed E-state index contributed by atoms with van der Waals surface area (Å²) in [6.45, 7) is 4.14. The molecule has 31 heavy (non-hydrogen) atoms. The van der Waals surface area contributed by atoms with Gasteiger partial charge in [0.1, 0.15) is 16.9 Å². The van der Waals surface area contributed by atoms with Gasteiger partial charge in [-0.25, -0.2) is 9.97 Å². The summed E-state index contributed by atoms with van der Waals surface area (Å²) in [7, 11) is 0. The first-order valence-electron chi connectivity index (χ1n) is 11.0. The summed E-state index contributed by atoms with van der Waals surface area (Å²) >= 11 is 0. The summed E-state index contributed by atoms with van der Waals surface area (Å²) < 4.78 is 1.86. The Morgan fingerprint density at radius 3 is 2.42 bits per heavy atom. The van der Waals surface area contributed by atoms with E-state index in [1.807, 2.05) is 34.9 Å². The van der Waals surface area contributed by atoms with E-state index in [1.165, 1.54) is 12.0 Å². The average Bonchev–Trinajstić information content (AvgIpc) is 3.05. The van der Waals surface area contributed by atoms with Crippen molar-refractivity contribution in [2.45, 2.75) is 52.0 Å². The number of hydrogen-bond donors (Lipinski definition) is 2. The topological polar surface area (TPSA) is 85.8 Å². The van der Waals surface area contributed by atoms with Gasteiger partial charge >= 0.3 is 0 Å². The Kier molecular flexibility index (Phi) is 4.85. The highest BCUT2D eigenvalue weighted by Crippen LogP contribution is 2.32. The molecule has 0 bridgehead atoms. The van der Waals surface area contributed by atoms with Gasteiger partial charge in [-0.15, -0.1) is 0 Å². The first-order chi connectivity index (χ1) is 15.0. The number of aromatic nitrogens is 3. The van der Waals surface area contributed by atoms with Crippen molar-refractivity contribution in [1.29, 1.82) is 0 Å². The quantitative estimate of drug-likeness (QED) is 0.503. The molecule has 1 amide bonds. The predicted octanol–water partition coefficient (Wildman–Crippen LogP) is 4.84. The second kappa shape index (κ2) is 7.69. The predicted molar refractivity (Wildman–Crippen MR) is 125 cm³/mol. The fourth-order valence-electron chi connectivity index (χ4n) is 4.52. The standard InChI is InChI=1S/C25H27N5O/c1-15-12-13-18(14-16(15)2)30-23(26)21(25(31)27-17-8-4-3-5-9-17)22-24(30)29-20-11-7-6-10-19(20)28-22/h6-7,10-14,17H,3-5,8-9,26H2,1-2H3,(H,27,31). The normalized spacial score (nSPS) is 14.9. The summed E-state index contributed by atoms with van der Waals surface area (Å²) in [5.41, 5.74) is 12.9. The number of nitrogen functional groups attached to an aromatic ring is 1. The molecule has 1 saturated carbocycles. The maximum atomic E-state index is 13.4. The van der Waals surface area contributed by atoms with Crippen LogP contribution in [-0.4, -0.2) is 26.5 Å². The van der Waals surface area contributed by atoms with E-state index in [0.717, 1.165) is 48.0 Å². The first-order valence-corrected chi connectivity index (χ1v) is 11.0. The molecule has 2 heterocycles. The molecule has 1 aliphatic rings. The molecule has 2 aromatic carbocycles. The van der Waals surface area contributed by atoms with E-state index in [1.54, 1.807) is 0 Å². The van der Waals surface area contributed by atoms with Crippen molar-refractivity contribution in [2.24, 2.45) is 0 Å². The maximum absolute atomic E-state index is 13.4. The number of carbonyl (C=O) groups is 1. The summed E-state index contributed by atoms with van der Waals surface area (Å²) in [5.74, 6) is 0.212. The highest BCUT2D eigenvalue weighted by molar-refractivity contribution is 6.11. The highest BCUT2D eigenvalue weighted by atomic mass is 16.1. The van der Waals surface area contributed by atoms with Crippen molar-refractivity contribution < 1.29 is 4.79 Å². The van der Waals surface area contributed by atoms with Crippen molar-refractivity contribution in [1.82, 2.24) is 19.9 Å². The SMILES string of the molecule is Cc1ccc(-n2c(N)c(C(=O)NC3CCCCC3)c3nc4ccccc4nc32)cc1C. The van der Waals surface area contributed by atoms with Gasteiger partial charge in [0.25, 0.3) is 5.91 Å². The second-order valence-electron chi connectivity index (χ2n) is 8.56. The molecule has 158 valence electrons. The van der Waals surface area contributed by atoms with Gasteiger partial charge in [-0.05, 0) is 62.1 Å². The molecule has 2 aromatic heterocycles. The molecule has 1 aliphatic carbocycles. The average molecular weight is 414 g/mol. The van der Waals surface area contributed by atoms with Crippen LogP contribution in [0.4, 0.5) is 5.82 Å². The fraction of sp³-hybridized carbons (Fsp3) is 0.320. The van der Waals surface area contributed by atoms with Crippen molar-refractivity contribution in [2.75, 3.05) is 5.73 Å². The molecule has 0 spiro atoms. The van der Waals surface area contributed by atoms with Crippen LogP contribution in [0.5, 0.6) is 0 Å². The molecule has 0 saturated heterocycles. The zero-order chi connectivity index (χ0) is 21.5. The number of aryl methyl sites for hydroxylation is 2. The molecule has 0 aliphatic heterocycles. The number of para-hydroxylation sites is 2. The molecule has 0 atom stereocenters. The van der Waals surface area contributed by atoms with Crippen LogP contribution in [0.25, 0.3) is 27.9 Å². The lowest BCUT2D eigenvalue weighted by atomic mass is 9.95. The lowest BCUT2D eigenvalue weighted by Gasteiger charge is -2.22. The minimum absolute atomic E-state index is 0.165. The van der Waals surface area contributed by atoms with Crippen LogP contribution in [-0.2, 0) is 0 Å². The molecule has 0 radical (unpaired) electrons. The van der Waals surface area contributed by atoms with E-state index >= 15 is 0 Å². The van der Waals surface area contributed by atoms with Gasteiger partial charge in [-0.2, -0.15) is 0 Å². The third-order valence-corrected chi connectivity index (χ3v) is 6.41. The van der Waals surface area contributed by atoms with Crippen LogP contribution in [0, 0.1) is 13.8 Å².